The molecule has 29 heavy (non-hydrogen) atoms. The molecule has 3 saturated heterocycles. The van der Waals surface area contributed by atoms with Gasteiger partial charge in [0.25, 0.3) is 11.8 Å². The molecule has 13 nitrogen and oxygen atoms in total. The zero-order chi connectivity index (χ0) is 21.1. The minimum atomic E-state index is -4.01. The highest BCUT2D eigenvalue weighted by atomic mass is 32.2. The van der Waals surface area contributed by atoms with Gasteiger partial charge in [0.2, 0.25) is 5.91 Å². The number of carbonyl (C=O) groups is 4. The molecule has 0 saturated carbocycles. The van der Waals surface area contributed by atoms with Gasteiger partial charge in [0.1, 0.15) is 12.1 Å². The summed E-state index contributed by atoms with van der Waals surface area (Å²) >= 11 is 0. The third-order valence-electron chi connectivity index (χ3n) is 5.34. The van der Waals surface area contributed by atoms with E-state index in [4.69, 9.17) is 9.29 Å². The van der Waals surface area contributed by atoms with Crippen molar-refractivity contribution < 1.29 is 41.6 Å². The first-order valence-corrected chi connectivity index (χ1v) is 10.6. The number of β-lactam (4-membered cyclic amide) rings is 1. The first kappa shape index (κ1) is 19.3. The number of piperidine rings is 1. The van der Waals surface area contributed by atoms with Gasteiger partial charge in [0, 0.05) is 19.0 Å². The zero-order valence-electron chi connectivity index (χ0n) is 15.2. The van der Waals surface area contributed by atoms with E-state index in [2.05, 4.69) is 15.4 Å². The number of rotatable bonds is 4. The summed E-state index contributed by atoms with van der Waals surface area (Å²) in [6.45, 7) is 0.527. The lowest BCUT2D eigenvalue weighted by atomic mass is 9.80. The second-order valence-corrected chi connectivity index (χ2v) is 8.71. The van der Waals surface area contributed by atoms with Crippen LogP contribution in [-0.2, 0) is 28.6 Å². The summed E-state index contributed by atoms with van der Waals surface area (Å²) in [7, 11) is -4.01. The highest BCUT2D eigenvalue weighted by Gasteiger charge is 2.66. The lowest BCUT2D eigenvalue weighted by molar-refractivity contribution is -0.160. The Balaban J connectivity index is 1.57. The molecule has 0 aromatic heterocycles. The molecule has 4 aliphatic heterocycles. The fourth-order valence-electron chi connectivity index (χ4n) is 4.23. The van der Waals surface area contributed by atoms with Crippen LogP contribution in [0.2, 0.25) is 0 Å². The van der Waals surface area contributed by atoms with Crippen molar-refractivity contribution in [3.63, 3.8) is 0 Å². The third-order valence-corrected chi connectivity index (χ3v) is 5.82. The Labute approximate surface area is 164 Å². The fourth-order valence-corrected chi connectivity index (χ4v) is 4.75. The van der Waals surface area contributed by atoms with Crippen molar-refractivity contribution in [2.45, 2.75) is 31.0 Å². The van der Waals surface area contributed by atoms with Gasteiger partial charge in [0.05, 0.1) is 12.3 Å². The van der Waals surface area contributed by atoms with Crippen molar-refractivity contribution in [3.05, 3.63) is 11.6 Å². The number of nitrogens with zero attached hydrogens (tertiary/aromatic N) is 2. The molecule has 4 atom stereocenters. The SMILES string of the molecule is CS(=O)(=O)OC1=C(OC(=O)O)N2C(=O)[C@@H]3[C@H]2C1CCN3C(=O)N[C@H]1CCNC1=O. The number of hydrogen-bond donors (Lipinski definition) is 3. The van der Waals surface area contributed by atoms with E-state index in [-0.39, 0.29) is 24.6 Å². The molecule has 14 heteroatoms. The molecular formula is C15H18N4O9S. The quantitative estimate of drug-likeness (QED) is 0.268. The molecular weight excluding hydrogens is 412 g/mol. The maximum absolute atomic E-state index is 12.7. The van der Waals surface area contributed by atoms with Crippen LogP contribution in [0.25, 0.3) is 0 Å². The zero-order valence-corrected chi connectivity index (χ0v) is 16.0. The standard InChI is InChI=1S/C15H18N4O9S/c1-29(25,26)28-10-6-3-5-18(14(22)17-7-2-4-16-11(7)20)9-8(6)19(12(9)21)13(10)27-15(23)24/h6-9H,2-5H2,1H3,(H,16,20)(H,17,22)(H,23,24)/t6?,7-,8+,9-/m0/s1. The summed E-state index contributed by atoms with van der Waals surface area (Å²) < 4.78 is 32.8. The van der Waals surface area contributed by atoms with E-state index < -0.39 is 58.1 Å². The Morgan fingerprint density at radius 3 is 2.59 bits per heavy atom. The largest absolute Gasteiger partial charge is 0.512 e. The van der Waals surface area contributed by atoms with Gasteiger partial charge in [-0.05, 0) is 12.8 Å². The molecule has 0 radical (unpaired) electrons. The normalized spacial score (nSPS) is 30.5. The molecule has 0 spiro atoms. The van der Waals surface area contributed by atoms with Crippen molar-refractivity contribution in [1.29, 1.82) is 0 Å². The Morgan fingerprint density at radius 2 is 2.00 bits per heavy atom. The molecule has 1 unspecified atom stereocenters. The maximum Gasteiger partial charge on any atom is 0.512 e. The number of likely N-dealkylation sites (tertiary alicyclic amines) is 1. The smallest absolute Gasteiger partial charge is 0.449 e. The van der Waals surface area contributed by atoms with E-state index >= 15 is 0 Å². The van der Waals surface area contributed by atoms with Crippen LogP contribution in [0.1, 0.15) is 12.8 Å². The molecule has 3 fully saturated rings. The minimum Gasteiger partial charge on any atom is -0.449 e. The summed E-state index contributed by atoms with van der Waals surface area (Å²) in [4.78, 5) is 50.3. The van der Waals surface area contributed by atoms with Crippen LogP contribution in [0.5, 0.6) is 0 Å². The van der Waals surface area contributed by atoms with Gasteiger partial charge >= 0.3 is 22.3 Å². The van der Waals surface area contributed by atoms with Gasteiger partial charge in [-0.2, -0.15) is 8.42 Å². The summed E-state index contributed by atoms with van der Waals surface area (Å²) in [6.07, 6.45) is -0.291. The lowest BCUT2D eigenvalue weighted by Crippen LogP contribution is -2.74. The van der Waals surface area contributed by atoms with Crippen LogP contribution in [-0.4, -0.2) is 84.8 Å². The van der Waals surface area contributed by atoms with Gasteiger partial charge in [0.15, 0.2) is 5.76 Å². The van der Waals surface area contributed by atoms with E-state index in [1.807, 2.05) is 0 Å². The van der Waals surface area contributed by atoms with Crippen molar-refractivity contribution in [2.24, 2.45) is 5.92 Å². The Bertz CT molecular complexity index is 945. The third kappa shape index (κ3) is 3.12. The Hall–Kier alpha value is -3.03. The van der Waals surface area contributed by atoms with Gasteiger partial charge < -0.3 is 29.6 Å². The second kappa shape index (κ2) is 6.50. The molecule has 0 aromatic rings. The number of nitrogens with one attached hydrogen (secondary N) is 2. The lowest BCUT2D eigenvalue weighted by Gasteiger charge is -2.52. The molecule has 4 amide bonds. The fraction of sp³-hybridized carbons (Fsp3) is 0.600. The predicted molar refractivity (Wildman–Crippen MR) is 91.2 cm³/mol. The van der Waals surface area contributed by atoms with E-state index in [0.717, 1.165) is 11.2 Å². The molecule has 0 aromatic carbocycles. The number of amides is 4. The number of urea groups is 1. The summed E-state index contributed by atoms with van der Waals surface area (Å²) in [6, 6.07) is -2.93. The van der Waals surface area contributed by atoms with Crippen molar-refractivity contribution in [2.75, 3.05) is 19.3 Å². The summed E-state index contributed by atoms with van der Waals surface area (Å²) in [5.41, 5.74) is 0. The van der Waals surface area contributed by atoms with Crippen LogP contribution in [0.3, 0.4) is 0 Å². The van der Waals surface area contributed by atoms with Crippen molar-refractivity contribution >= 4 is 34.1 Å². The highest BCUT2D eigenvalue weighted by molar-refractivity contribution is 7.86. The number of carboxylic acid groups (broad SMARTS) is 1. The summed E-state index contributed by atoms with van der Waals surface area (Å²) in [5, 5.41) is 14.1. The van der Waals surface area contributed by atoms with Crippen LogP contribution in [0.15, 0.2) is 11.6 Å². The Morgan fingerprint density at radius 1 is 1.28 bits per heavy atom. The molecule has 0 bridgehead atoms. The highest BCUT2D eigenvalue weighted by Crippen LogP contribution is 2.49. The van der Waals surface area contributed by atoms with E-state index in [9.17, 15) is 27.6 Å². The average molecular weight is 430 g/mol. The number of ether oxygens (including phenoxy) is 1. The average Bonchev–Trinajstić information content (AvgIpc) is 3.13. The molecule has 4 aliphatic rings. The number of hydrogen-bond acceptors (Lipinski definition) is 8. The van der Waals surface area contributed by atoms with Gasteiger partial charge in [-0.1, -0.05) is 0 Å². The van der Waals surface area contributed by atoms with Crippen molar-refractivity contribution in [3.8, 4) is 0 Å². The van der Waals surface area contributed by atoms with Crippen molar-refractivity contribution in [1.82, 2.24) is 20.4 Å². The molecule has 158 valence electrons. The van der Waals surface area contributed by atoms with Crippen LogP contribution in [0, 0.1) is 5.92 Å². The first-order chi connectivity index (χ1) is 13.6. The van der Waals surface area contributed by atoms with Gasteiger partial charge in [-0.3, -0.25) is 14.5 Å². The van der Waals surface area contributed by atoms with Crippen LogP contribution in [0.4, 0.5) is 9.59 Å². The first-order valence-electron chi connectivity index (χ1n) is 8.81. The molecule has 4 heterocycles. The van der Waals surface area contributed by atoms with Gasteiger partial charge in [-0.25, -0.2) is 9.59 Å². The van der Waals surface area contributed by atoms with Gasteiger partial charge in [-0.15, -0.1) is 0 Å². The number of carbonyl (C=O) groups excluding carboxylic acids is 3. The Kier molecular flexibility index (Phi) is 4.33. The maximum atomic E-state index is 12.7. The minimum absolute atomic E-state index is 0.0859. The van der Waals surface area contributed by atoms with E-state index in [0.29, 0.717) is 13.0 Å². The summed E-state index contributed by atoms with van der Waals surface area (Å²) in [5.74, 6) is -2.31. The van der Waals surface area contributed by atoms with Crippen LogP contribution < -0.4 is 10.6 Å². The van der Waals surface area contributed by atoms with E-state index in [1.54, 1.807) is 0 Å². The molecule has 3 N–H and O–H groups in total. The molecule has 0 aliphatic carbocycles. The van der Waals surface area contributed by atoms with Crippen LogP contribution >= 0.6 is 0 Å². The topological polar surface area (TPSA) is 172 Å². The predicted octanol–water partition coefficient (Wildman–Crippen LogP) is -1.66. The van der Waals surface area contributed by atoms with E-state index in [1.165, 1.54) is 4.90 Å². The second-order valence-electron chi connectivity index (χ2n) is 7.14. The monoisotopic (exact) mass is 430 g/mol. The molecule has 4 rings (SSSR count).